The van der Waals surface area contributed by atoms with Gasteiger partial charge in [-0.2, -0.15) is 0 Å². The van der Waals surface area contributed by atoms with Gasteiger partial charge in [-0.1, -0.05) is 0 Å². The third kappa shape index (κ3) is 3.43. The molecule has 3 rings (SSSR count). The molecule has 8 heteroatoms. The van der Waals surface area contributed by atoms with E-state index < -0.39 is 5.82 Å². The lowest BCUT2D eigenvalue weighted by molar-refractivity contribution is 0.340. The van der Waals surface area contributed by atoms with Crippen LogP contribution in [-0.2, 0) is 6.54 Å². The third-order valence-electron chi connectivity index (χ3n) is 3.28. The van der Waals surface area contributed by atoms with Crippen LogP contribution in [0.1, 0.15) is 18.4 Å². The summed E-state index contributed by atoms with van der Waals surface area (Å²) in [6.45, 7) is 4.44. The highest BCUT2D eigenvalue weighted by molar-refractivity contribution is 9.10. The number of hydrogen-bond acceptors (Lipinski definition) is 6. The van der Waals surface area contributed by atoms with Crippen LogP contribution in [0.5, 0.6) is 5.75 Å². The summed E-state index contributed by atoms with van der Waals surface area (Å²) in [5, 5.41) is 11.0. The molecule has 1 aromatic carbocycles. The van der Waals surface area contributed by atoms with Crippen molar-refractivity contribution in [3.05, 3.63) is 46.2 Å². The molecule has 0 saturated heterocycles. The number of aryl methyl sites for hydroxylation is 1. The fraction of sp³-hybridized carbons (Fsp3) is 0.250. The lowest BCUT2D eigenvalue weighted by Crippen LogP contribution is -2.04. The van der Waals surface area contributed by atoms with Crippen LogP contribution in [0, 0.1) is 12.7 Å². The molecule has 24 heavy (non-hydrogen) atoms. The van der Waals surface area contributed by atoms with Gasteiger partial charge in [0.2, 0.25) is 5.89 Å². The number of furan rings is 1. The summed E-state index contributed by atoms with van der Waals surface area (Å²) in [6, 6.07) is 4.74. The van der Waals surface area contributed by atoms with Gasteiger partial charge in [0.05, 0.1) is 29.6 Å². The van der Waals surface area contributed by atoms with Crippen LogP contribution in [-0.4, -0.2) is 16.8 Å². The summed E-state index contributed by atoms with van der Waals surface area (Å²) in [5.41, 5.74) is 1.42. The molecule has 0 fully saturated rings. The van der Waals surface area contributed by atoms with Gasteiger partial charge < -0.3 is 18.9 Å². The molecule has 0 saturated carbocycles. The minimum atomic E-state index is -0.390. The Morgan fingerprint density at radius 3 is 2.88 bits per heavy atom. The molecule has 0 aliphatic heterocycles. The Labute approximate surface area is 146 Å². The Balaban J connectivity index is 1.76. The van der Waals surface area contributed by atoms with Crippen LogP contribution < -0.4 is 10.1 Å². The topological polar surface area (TPSA) is 73.3 Å². The second-order valence-electron chi connectivity index (χ2n) is 4.98. The first-order chi connectivity index (χ1) is 11.6. The van der Waals surface area contributed by atoms with E-state index in [1.54, 1.807) is 12.3 Å². The zero-order valence-corrected chi connectivity index (χ0v) is 14.7. The van der Waals surface area contributed by atoms with Gasteiger partial charge >= 0.3 is 0 Å². The van der Waals surface area contributed by atoms with Crippen molar-refractivity contribution in [2.45, 2.75) is 20.4 Å². The number of aromatic nitrogens is 2. The number of anilines is 1. The smallest absolute Gasteiger partial charge is 0.283 e. The van der Waals surface area contributed by atoms with Gasteiger partial charge in [-0.3, -0.25) is 0 Å². The number of halogens is 2. The van der Waals surface area contributed by atoms with Crippen molar-refractivity contribution < 1.29 is 18.0 Å². The van der Waals surface area contributed by atoms with E-state index in [2.05, 4.69) is 31.4 Å². The van der Waals surface area contributed by atoms with Crippen LogP contribution in [0.25, 0.3) is 11.7 Å². The largest absolute Gasteiger partial charge is 0.492 e. The van der Waals surface area contributed by atoms with Crippen molar-refractivity contribution >= 4 is 21.6 Å². The average molecular weight is 396 g/mol. The van der Waals surface area contributed by atoms with E-state index in [1.165, 1.54) is 6.07 Å². The standard InChI is InChI=1S/C16H15BrFN3O3/c1-3-22-13-6-10(17)11(18)7-12(13)19-8-14-20-21-16(24-14)15-9(2)4-5-23-15/h4-7,19H,3,8H2,1-2H3. The number of ether oxygens (including phenoxy) is 1. The highest BCUT2D eigenvalue weighted by Gasteiger charge is 2.15. The van der Waals surface area contributed by atoms with Gasteiger partial charge in [-0.25, -0.2) is 4.39 Å². The van der Waals surface area contributed by atoms with Crippen LogP contribution in [0.2, 0.25) is 0 Å². The van der Waals surface area contributed by atoms with Crippen LogP contribution >= 0.6 is 15.9 Å². The Hall–Kier alpha value is -2.35. The zero-order valence-electron chi connectivity index (χ0n) is 13.1. The Morgan fingerprint density at radius 2 is 2.17 bits per heavy atom. The van der Waals surface area contributed by atoms with Crippen molar-refractivity contribution in [2.24, 2.45) is 0 Å². The van der Waals surface area contributed by atoms with Crippen molar-refractivity contribution in [3.8, 4) is 17.4 Å². The molecule has 3 aromatic rings. The number of nitrogens with one attached hydrogen (secondary N) is 1. The first kappa shape index (κ1) is 16.5. The normalized spacial score (nSPS) is 10.8. The predicted molar refractivity (Wildman–Crippen MR) is 89.3 cm³/mol. The van der Waals surface area contributed by atoms with E-state index in [9.17, 15) is 4.39 Å². The van der Waals surface area contributed by atoms with E-state index in [4.69, 9.17) is 13.6 Å². The van der Waals surface area contributed by atoms with E-state index >= 15 is 0 Å². The molecule has 0 atom stereocenters. The molecule has 0 amide bonds. The van der Waals surface area contributed by atoms with Gasteiger partial charge in [0, 0.05) is 11.6 Å². The van der Waals surface area contributed by atoms with Crippen molar-refractivity contribution in [1.82, 2.24) is 10.2 Å². The summed E-state index contributed by atoms with van der Waals surface area (Å²) in [6.07, 6.45) is 1.56. The van der Waals surface area contributed by atoms with Gasteiger partial charge in [0.25, 0.3) is 5.89 Å². The maximum atomic E-state index is 13.8. The van der Waals surface area contributed by atoms with Crippen LogP contribution in [0.4, 0.5) is 10.1 Å². The molecule has 0 bridgehead atoms. The minimum absolute atomic E-state index is 0.230. The number of rotatable bonds is 6. The molecule has 1 N–H and O–H groups in total. The fourth-order valence-electron chi connectivity index (χ4n) is 2.12. The maximum absolute atomic E-state index is 13.8. The van der Waals surface area contributed by atoms with Crippen molar-refractivity contribution in [3.63, 3.8) is 0 Å². The Bertz CT molecular complexity index is 847. The maximum Gasteiger partial charge on any atom is 0.283 e. The van der Waals surface area contributed by atoms with Gasteiger partial charge in [0.15, 0.2) is 5.76 Å². The van der Waals surface area contributed by atoms with Crippen LogP contribution in [0.15, 0.2) is 37.8 Å². The fourth-order valence-corrected chi connectivity index (χ4v) is 2.44. The SMILES string of the molecule is CCOc1cc(Br)c(F)cc1NCc1nnc(-c2occc2C)o1. The van der Waals surface area contributed by atoms with Gasteiger partial charge in [-0.05, 0) is 41.9 Å². The van der Waals surface area contributed by atoms with Gasteiger partial charge in [0.1, 0.15) is 11.6 Å². The summed E-state index contributed by atoms with van der Waals surface area (Å²) in [4.78, 5) is 0. The van der Waals surface area contributed by atoms with E-state index in [0.717, 1.165) is 5.56 Å². The van der Waals surface area contributed by atoms with E-state index in [-0.39, 0.29) is 6.54 Å². The summed E-state index contributed by atoms with van der Waals surface area (Å²) in [5.74, 6) is 1.34. The third-order valence-corrected chi connectivity index (χ3v) is 3.88. The highest BCUT2D eigenvalue weighted by Crippen LogP contribution is 2.31. The van der Waals surface area contributed by atoms with Gasteiger partial charge in [-0.15, -0.1) is 10.2 Å². The molecule has 0 unspecified atom stereocenters. The van der Waals surface area contributed by atoms with E-state index in [1.807, 2.05) is 19.9 Å². The Morgan fingerprint density at radius 1 is 1.33 bits per heavy atom. The second kappa shape index (κ2) is 7.04. The lowest BCUT2D eigenvalue weighted by Gasteiger charge is -2.12. The lowest BCUT2D eigenvalue weighted by atomic mass is 10.2. The molecule has 6 nitrogen and oxygen atoms in total. The quantitative estimate of drug-likeness (QED) is 0.659. The predicted octanol–water partition coefficient (Wildman–Crippen LogP) is 4.55. The molecular weight excluding hydrogens is 381 g/mol. The molecule has 0 radical (unpaired) electrons. The number of hydrogen-bond donors (Lipinski definition) is 1. The summed E-state index contributed by atoms with van der Waals surface area (Å²) < 4.78 is 30.5. The molecular formula is C16H15BrFN3O3. The summed E-state index contributed by atoms with van der Waals surface area (Å²) in [7, 11) is 0. The molecule has 2 aromatic heterocycles. The Kier molecular flexibility index (Phi) is 4.84. The minimum Gasteiger partial charge on any atom is -0.492 e. The molecule has 0 aliphatic rings. The summed E-state index contributed by atoms with van der Waals surface area (Å²) >= 11 is 3.14. The van der Waals surface area contributed by atoms with E-state index in [0.29, 0.717) is 40.1 Å². The monoisotopic (exact) mass is 395 g/mol. The van der Waals surface area contributed by atoms with Crippen molar-refractivity contribution in [2.75, 3.05) is 11.9 Å². The first-order valence-corrected chi connectivity index (χ1v) is 8.10. The number of nitrogens with zero attached hydrogens (tertiary/aromatic N) is 2. The number of benzene rings is 1. The molecule has 2 heterocycles. The first-order valence-electron chi connectivity index (χ1n) is 7.31. The molecule has 126 valence electrons. The zero-order chi connectivity index (χ0) is 17.1. The molecule has 0 spiro atoms. The van der Waals surface area contributed by atoms with Crippen molar-refractivity contribution in [1.29, 1.82) is 0 Å². The molecule has 0 aliphatic carbocycles. The highest BCUT2D eigenvalue weighted by atomic mass is 79.9. The van der Waals surface area contributed by atoms with Crippen LogP contribution in [0.3, 0.4) is 0 Å². The average Bonchev–Trinajstić information content (AvgIpc) is 3.18. The second-order valence-corrected chi connectivity index (χ2v) is 5.84.